The molecule has 9 heavy (non-hydrogen) atoms. The van der Waals surface area contributed by atoms with Crippen LogP contribution in [0.4, 0.5) is 0 Å². The molecule has 0 aliphatic rings. The van der Waals surface area contributed by atoms with Crippen LogP contribution in [0.1, 0.15) is 19.3 Å². The van der Waals surface area contributed by atoms with Crippen LogP contribution in [-0.4, -0.2) is 13.2 Å². The standard InChI is InChI=1S/C8H13O/c1-4-6-8(9-3)7-5-2/h1,8H,2,5-7H2,3H3. The van der Waals surface area contributed by atoms with E-state index < -0.39 is 0 Å². The molecule has 0 heterocycles. The Bertz CT molecular complexity index is 91.2. The van der Waals surface area contributed by atoms with Crippen molar-refractivity contribution >= 4 is 0 Å². The van der Waals surface area contributed by atoms with Crippen LogP contribution in [0, 0.1) is 19.3 Å². The van der Waals surface area contributed by atoms with Gasteiger partial charge in [-0.25, -0.2) is 0 Å². The third kappa shape index (κ3) is 4.05. The minimum absolute atomic E-state index is 0.215. The highest BCUT2D eigenvalue weighted by Crippen LogP contribution is 2.03. The van der Waals surface area contributed by atoms with Gasteiger partial charge in [-0.3, -0.25) is 0 Å². The lowest BCUT2D eigenvalue weighted by Gasteiger charge is -2.09. The van der Waals surface area contributed by atoms with Crippen molar-refractivity contribution in [3.63, 3.8) is 0 Å². The van der Waals surface area contributed by atoms with Crippen LogP contribution in [0.2, 0.25) is 0 Å². The Kier molecular flexibility index (Phi) is 5.35. The van der Waals surface area contributed by atoms with Crippen LogP contribution in [0.25, 0.3) is 0 Å². The molecule has 1 nitrogen and oxygen atoms in total. The zero-order chi connectivity index (χ0) is 7.11. The molecule has 1 atom stereocenters. The Morgan fingerprint density at radius 2 is 2.44 bits per heavy atom. The van der Waals surface area contributed by atoms with Gasteiger partial charge in [0.05, 0.1) is 6.10 Å². The first-order valence-corrected chi connectivity index (χ1v) is 3.10. The zero-order valence-electron chi connectivity index (χ0n) is 5.89. The number of ether oxygens (including phenoxy) is 1. The molecule has 0 aromatic heterocycles. The van der Waals surface area contributed by atoms with E-state index in [2.05, 4.69) is 12.8 Å². The monoisotopic (exact) mass is 125 g/mol. The Morgan fingerprint density at radius 1 is 1.78 bits per heavy atom. The maximum atomic E-state index is 5.08. The van der Waals surface area contributed by atoms with Crippen molar-refractivity contribution in [2.75, 3.05) is 7.11 Å². The van der Waals surface area contributed by atoms with Crippen LogP contribution in [0.5, 0.6) is 0 Å². The predicted molar refractivity (Wildman–Crippen MR) is 38.8 cm³/mol. The van der Waals surface area contributed by atoms with Crippen molar-refractivity contribution in [3.8, 4) is 12.3 Å². The van der Waals surface area contributed by atoms with Gasteiger partial charge in [-0.2, -0.15) is 0 Å². The van der Waals surface area contributed by atoms with Gasteiger partial charge in [0.1, 0.15) is 0 Å². The van der Waals surface area contributed by atoms with Gasteiger partial charge < -0.3 is 4.74 Å². The van der Waals surface area contributed by atoms with Gasteiger partial charge in [-0.15, -0.1) is 12.3 Å². The summed E-state index contributed by atoms with van der Waals surface area (Å²) in [5.74, 6) is 2.55. The van der Waals surface area contributed by atoms with Crippen LogP contribution in [-0.2, 0) is 4.74 Å². The molecule has 0 rings (SSSR count). The number of terminal acetylenes is 1. The van der Waals surface area contributed by atoms with Gasteiger partial charge in [0.2, 0.25) is 0 Å². The molecule has 0 bridgehead atoms. The van der Waals surface area contributed by atoms with Crippen LogP contribution >= 0.6 is 0 Å². The minimum atomic E-state index is 0.215. The molecule has 1 unspecified atom stereocenters. The Hall–Kier alpha value is -0.480. The van der Waals surface area contributed by atoms with E-state index in [4.69, 9.17) is 11.2 Å². The maximum absolute atomic E-state index is 5.08. The van der Waals surface area contributed by atoms with E-state index in [0.29, 0.717) is 6.42 Å². The fourth-order valence-corrected chi connectivity index (χ4v) is 0.662. The molecule has 0 N–H and O–H groups in total. The Morgan fingerprint density at radius 3 is 2.78 bits per heavy atom. The van der Waals surface area contributed by atoms with Gasteiger partial charge >= 0.3 is 0 Å². The highest BCUT2D eigenvalue weighted by atomic mass is 16.5. The minimum Gasteiger partial charge on any atom is -0.380 e. The predicted octanol–water partition coefficient (Wildman–Crippen LogP) is 1.64. The van der Waals surface area contributed by atoms with Gasteiger partial charge in [-0.1, -0.05) is 13.3 Å². The van der Waals surface area contributed by atoms with E-state index in [0.717, 1.165) is 12.8 Å². The van der Waals surface area contributed by atoms with Gasteiger partial charge in [0.25, 0.3) is 0 Å². The quantitative estimate of drug-likeness (QED) is 0.519. The summed E-state index contributed by atoms with van der Waals surface area (Å²) in [7, 11) is 1.68. The molecule has 0 spiro atoms. The summed E-state index contributed by atoms with van der Waals surface area (Å²) in [4.78, 5) is 0. The molecule has 0 saturated carbocycles. The van der Waals surface area contributed by atoms with Crippen molar-refractivity contribution in [1.82, 2.24) is 0 Å². The number of hydrogen-bond donors (Lipinski definition) is 0. The molecule has 1 radical (unpaired) electrons. The fourth-order valence-electron chi connectivity index (χ4n) is 0.662. The lowest BCUT2D eigenvalue weighted by atomic mass is 10.1. The van der Waals surface area contributed by atoms with Crippen LogP contribution < -0.4 is 0 Å². The average molecular weight is 125 g/mol. The second-order valence-electron chi connectivity index (χ2n) is 1.91. The molecule has 1 heteroatoms. The average Bonchev–Trinajstić information content (AvgIpc) is 1.88. The lowest BCUT2D eigenvalue weighted by Crippen LogP contribution is -2.08. The molecule has 51 valence electrons. The molecule has 0 aromatic carbocycles. The van der Waals surface area contributed by atoms with Crippen molar-refractivity contribution in [3.05, 3.63) is 6.92 Å². The van der Waals surface area contributed by atoms with Crippen molar-refractivity contribution in [2.24, 2.45) is 0 Å². The first-order valence-electron chi connectivity index (χ1n) is 3.10. The van der Waals surface area contributed by atoms with E-state index in [-0.39, 0.29) is 6.10 Å². The summed E-state index contributed by atoms with van der Waals surface area (Å²) in [5.41, 5.74) is 0. The van der Waals surface area contributed by atoms with Crippen LogP contribution in [0.15, 0.2) is 0 Å². The molecule has 0 amide bonds. The molecular formula is C8H13O. The summed E-state index contributed by atoms with van der Waals surface area (Å²) < 4.78 is 5.05. The third-order valence-corrected chi connectivity index (χ3v) is 1.20. The summed E-state index contributed by atoms with van der Waals surface area (Å²) in [6, 6.07) is 0. The lowest BCUT2D eigenvalue weighted by molar-refractivity contribution is 0.100. The van der Waals surface area contributed by atoms with E-state index in [9.17, 15) is 0 Å². The molecule has 0 aliphatic carbocycles. The summed E-state index contributed by atoms with van der Waals surface area (Å²) in [5, 5.41) is 0. The van der Waals surface area contributed by atoms with Gasteiger partial charge in [0, 0.05) is 13.5 Å². The largest absolute Gasteiger partial charge is 0.380 e. The highest BCUT2D eigenvalue weighted by Gasteiger charge is 2.01. The first kappa shape index (κ1) is 8.52. The summed E-state index contributed by atoms with van der Waals surface area (Å²) >= 11 is 0. The highest BCUT2D eigenvalue weighted by molar-refractivity contribution is 4.87. The SMILES string of the molecule is C#CCC(CC[CH2])OC. The van der Waals surface area contributed by atoms with E-state index in [1.807, 2.05) is 0 Å². The topological polar surface area (TPSA) is 9.23 Å². The summed E-state index contributed by atoms with van der Waals surface area (Å²) in [6.45, 7) is 3.71. The summed E-state index contributed by atoms with van der Waals surface area (Å²) in [6.07, 6.45) is 7.85. The van der Waals surface area contributed by atoms with Crippen LogP contribution in [0.3, 0.4) is 0 Å². The maximum Gasteiger partial charge on any atom is 0.0680 e. The number of hydrogen-bond acceptors (Lipinski definition) is 1. The van der Waals surface area contributed by atoms with Gasteiger partial charge in [-0.05, 0) is 6.42 Å². The molecular weight excluding hydrogens is 112 g/mol. The van der Waals surface area contributed by atoms with E-state index in [1.165, 1.54) is 0 Å². The first-order chi connectivity index (χ1) is 4.35. The smallest absolute Gasteiger partial charge is 0.0680 e. The van der Waals surface area contributed by atoms with Crippen molar-refractivity contribution in [2.45, 2.75) is 25.4 Å². The molecule has 0 aromatic rings. The van der Waals surface area contributed by atoms with Gasteiger partial charge in [0.15, 0.2) is 0 Å². The second-order valence-corrected chi connectivity index (χ2v) is 1.91. The molecule has 0 aliphatic heterocycles. The zero-order valence-corrected chi connectivity index (χ0v) is 5.89. The Balaban J connectivity index is 3.32. The number of methoxy groups -OCH3 is 1. The number of rotatable bonds is 4. The molecule has 0 fully saturated rings. The third-order valence-electron chi connectivity index (χ3n) is 1.20. The second kappa shape index (κ2) is 5.65. The van der Waals surface area contributed by atoms with E-state index >= 15 is 0 Å². The fraction of sp³-hybridized carbons (Fsp3) is 0.625. The Labute approximate surface area is 57.4 Å². The van der Waals surface area contributed by atoms with E-state index in [1.54, 1.807) is 7.11 Å². The van der Waals surface area contributed by atoms with Crippen molar-refractivity contribution < 1.29 is 4.74 Å². The molecule has 0 saturated heterocycles. The normalized spacial score (nSPS) is 12.6. The van der Waals surface area contributed by atoms with Crippen molar-refractivity contribution in [1.29, 1.82) is 0 Å².